The molecular weight excluding hydrogens is 140 g/mol. The zero-order chi connectivity index (χ0) is 8.10. The summed E-state index contributed by atoms with van der Waals surface area (Å²) in [7, 11) is 3.63. The Hall–Kier alpha value is -0.800. The Morgan fingerprint density at radius 1 is 1.64 bits per heavy atom. The first-order valence-corrected chi connectivity index (χ1v) is 3.66. The monoisotopic (exact) mass is 154 g/mol. The Labute approximate surface area is 67.0 Å². The SMILES string of the molecule is CNCc1cccn1COC. The topological polar surface area (TPSA) is 26.2 Å². The molecule has 0 aliphatic rings. The van der Waals surface area contributed by atoms with E-state index in [9.17, 15) is 0 Å². The maximum Gasteiger partial charge on any atom is 0.122 e. The highest BCUT2D eigenvalue weighted by Gasteiger charge is 1.96. The van der Waals surface area contributed by atoms with Crippen molar-refractivity contribution in [1.29, 1.82) is 0 Å². The van der Waals surface area contributed by atoms with Gasteiger partial charge in [0.15, 0.2) is 0 Å². The Kier molecular flexibility index (Phi) is 3.14. The first kappa shape index (κ1) is 8.30. The fraction of sp³-hybridized carbons (Fsp3) is 0.500. The number of methoxy groups -OCH3 is 1. The quantitative estimate of drug-likeness (QED) is 0.694. The van der Waals surface area contributed by atoms with Crippen molar-refractivity contribution in [3.63, 3.8) is 0 Å². The van der Waals surface area contributed by atoms with Crippen molar-refractivity contribution >= 4 is 0 Å². The van der Waals surface area contributed by atoms with Gasteiger partial charge in [0.25, 0.3) is 0 Å². The molecule has 1 rings (SSSR count). The van der Waals surface area contributed by atoms with Crippen molar-refractivity contribution in [1.82, 2.24) is 9.88 Å². The molecule has 0 saturated carbocycles. The number of nitrogens with zero attached hydrogens (tertiary/aromatic N) is 1. The first-order chi connectivity index (χ1) is 5.38. The normalized spacial score (nSPS) is 10.4. The van der Waals surface area contributed by atoms with E-state index >= 15 is 0 Å². The second kappa shape index (κ2) is 4.16. The van der Waals surface area contributed by atoms with E-state index in [2.05, 4.69) is 16.0 Å². The van der Waals surface area contributed by atoms with Crippen molar-refractivity contribution in [2.75, 3.05) is 14.2 Å². The third kappa shape index (κ3) is 2.06. The summed E-state index contributed by atoms with van der Waals surface area (Å²) in [5.41, 5.74) is 1.24. The second-order valence-electron chi connectivity index (χ2n) is 2.42. The number of aromatic nitrogens is 1. The molecule has 3 heteroatoms. The summed E-state index contributed by atoms with van der Waals surface area (Å²) in [6.07, 6.45) is 2.01. The number of ether oxygens (including phenoxy) is 1. The predicted molar refractivity (Wildman–Crippen MR) is 44.2 cm³/mol. The van der Waals surface area contributed by atoms with Crippen LogP contribution in [0.1, 0.15) is 5.69 Å². The molecule has 1 aromatic rings. The maximum atomic E-state index is 5.01. The third-order valence-electron chi connectivity index (χ3n) is 1.55. The molecule has 0 amide bonds. The van der Waals surface area contributed by atoms with Gasteiger partial charge >= 0.3 is 0 Å². The highest BCUT2D eigenvalue weighted by molar-refractivity contribution is 5.06. The Balaban J connectivity index is 2.62. The highest BCUT2D eigenvalue weighted by atomic mass is 16.5. The Morgan fingerprint density at radius 3 is 3.09 bits per heavy atom. The lowest BCUT2D eigenvalue weighted by molar-refractivity contribution is 0.129. The first-order valence-electron chi connectivity index (χ1n) is 3.66. The van der Waals surface area contributed by atoms with Gasteiger partial charge in [-0.15, -0.1) is 0 Å². The fourth-order valence-electron chi connectivity index (χ4n) is 1.06. The third-order valence-corrected chi connectivity index (χ3v) is 1.55. The van der Waals surface area contributed by atoms with Crippen LogP contribution < -0.4 is 5.32 Å². The minimum Gasteiger partial charge on any atom is -0.364 e. The van der Waals surface area contributed by atoms with Gasteiger partial charge < -0.3 is 14.6 Å². The van der Waals surface area contributed by atoms with Gasteiger partial charge in [-0.3, -0.25) is 0 Å². The van der Waals surface area contributed by atoms with Crippen molar-refractivity contribution in [3.8, 4) is 0 Å². The minimum atomic E-state index is 0.629. The minimum absolute atomic E-state index is 0.629. The number of rotatable bonds is 4. The molecule has 11 heavy (non-hydrogen) atoms. The van der Waals surface area contributed by atoms with Crippen LogP contribution in [0, 0.1) is 0 Å². The fourth-order valence-corrected chi connectivity index (χ4v) is 1.06. The molecule has 62 valence electrons. The molecule has 0 spiro atoms. The summed E-state index contributed by atoms with van der Waals surface area (Å²) in [6, 6.07) is 4.10. The molecular formula is C8H14N2O. The van der Waals surface area contributed by atoms with Crippen LogP contribution >= 0.6 is 0 Å². The molecule has 0 aromatic carbocycles. The number of nitrogens with one attached hydrogen (secondary N) is 1. The highest BCUT2D eigenvalue weighted by Crippen LogP contribution is 2.00. The largest absolute Gasteiger partial charge is 0.364 e. The lowest BCUT2D eigenvalue weighted by Crippen LogP contribution is -2.11. The van der Waals surface area contributed by atoms with Crippen molar-refractivity contribution < 1.29 is 4.74 Å². The van der Waals surface area contributed by atoms with E-state index in [4.69, 9.17) is 4.74 Å². The molecule has 0 unspecified atom stereocenters. The van der Waals surface area contributed by atoms with Crippen LogP contribution in [0.2, 0.25) is 0 Å². The smallest absolute Gasteiger partial charge is 0.122 e. The van der Waals surface area contributed by atoms with Gasteiger partial charge in [-0.1, -0.05) is 0 Å². The van der Waals surface area contributed by atoms with Gasteiger partial charge in [-0.25, -0.2) is 0 Å². The average Bonchev–Trinajstić information content (AvgIpc) is 2.39. The van der Waals surface area contributed by atoms with E-state index in [1.165, 1.54) is 5.69 Å². The predicted octanol–water partition coefficient (Wildman–Crippen LogP) is 0.811. The van der Waals surface area contributed by atoms with E-state index < -0.39 is 0 Å². The molecule has 1 aromatic heterocycles. The molecule has 0 fully saturated rings. The summed E-state index contributed by atoms with van der Waals surface area (Å²) in [5.74, 6) is 0. The Morgan fingerprint density at radius 2 is 2.45 bits per heavy atom. The van der Waals surface area contributed by atoms with Crippen LogP contribution in [0.15, 0.2) is 18.3 Å². The molecule has 0 aliphatic carbocycles. The van der Waals surface area contributed by atoms with Gasteiger partial charge in [0.05, 0.1) is 0 Å². The van der Waals surface area contributed by atoms with Crippen molar-refractivity contribution in [2.24, 2.45) is 0 Å². The van der Waals surface area contributed by atoms with Gasteiger partial charge in [0.2, 0.25) is 0 Å². The van der Waals surface area contributed by atoms with Crippen molar-refractivity contribution in [3.05, 3.63) is 24.0 Å². The molecule has 0 aliphatic heterocycles. The van der Waals surface area contributed by atoms with E-state index in [1.54, 1.807) is 7.11 Å². The summed E-state index contributed by atoms with van der Waals surface area (Å²) in [5, 5.41) is 3.09. The average molecular weight is 154 g/mol. The molecule has 0 atom stereocenters. The second-order valence-corrected chi connectivity index (χ2v) is 2.42. The summed E-state index contributed by atoms with van der Waals surface area (Å²) in [6.45, 7) is 1.51. The molecule has 1 N–H and O–H groups in total. The van der Waals surface area contributed by atoms with Crippen LogP contribution in [0.5, 0.6) is 0 Å². The van der Waals surface area contributed by atoms with Gasteiger partial charge in [-0.2, -0.15) is 0 Å². The molecule has 0 radical (unpaired) electrons. The van der Waals surface area contributed by atoms with Gasteiger partial charge in [0.1, 0.15) is 6.73 Å². The maximum absolute atomic E-state index is 5.01. The van der Waals surface area contributed by atoms with Crippen LogP contribution in [0.25, 0.3) is 0 Å². The van der Waals surface area contributed by atoms with E-state index in [-0.39, 0.29) is 0 Å². The number of hydrogen-bond donors (Lipinski definition) is 1. The summed E-state index contributed by atoms with van der Waals surface area (Å²) < 4.78 is 7.07. The van der Waals surface area contributed by atoms with Gasteiger partial charge in [0, 0.05) is 25.5 Å². The van der Waals surface area contributed by atoms with E-state index in [1.807, 2.05) is 19.3 Å². The van der Waals surface area contributed by atoms with Crippen LogP contribution in [-0.2, 0) is 18.0 Å². The van der Waals surface area contributed by atoms with Crippen LogP contribution in [-0.4, -0.2) is 18.7 Å². The lowest BCUT2D eigenvalue weighted by Gasteiger charge is -2.06. The molecule has 1 heterocycles. The van der Waals surface area contributed by atoms with E-state index in [0.29, 0.717) is 6.73 Å². The van der Waals surface area contributed by atoms with Gasteiger partial charge in [-0.05, 0) is 19.2 Å². The zero-order valence-electron chi connectivity index (χ0n) is 7.00. The molecule has 0 saturated heterocycles. The van der Waals surface area contributed by atoms with Crippen molar-refractivity contribution in [2.45, 2.75) is 13.3 Å². The van der Waals surface area contributed by atoms with Crippen LogP contribution in [0.4, 0.5) is 0 Å². The molecule has 0 bridgehead atoms. The standard InChI is InChI=1S/C8H14N2O/c1-9-6-8-4-3-5-10(8)7-11-2/h3-5,9H,6-7H2,1-2H3. The lowest BCUT2D eigenvalue weighted by atomic mass is 10.4. The molecule has 3 nitrogen and oxygen atoms in total. The Bertz CT molecular complexity index is 187. The number of hydrogen-bond acceptors (Lipinski definition) is 2. The zero-order valence-corrected chi connectivity index (χ0v) is 7.00. The summed E-state index contributed by atoms with van der Waals surface area (Å²) >= 11 is 0. The van der Waals surface area contributed by atoms with Crippen LogP contribution in [0.3, 0.4) is 0 Å². The van der Waals surface area contributed by atoms with E-state index in [0.717, 1.165) is 6.54 Å². The summed E-state index contributed by atoms with van der Waals surface area (Å²) in [4.78, 5) is 0.